The number of nitrogens with zero attached hydrogens (tertiary/aromatic N) is 2. The number of aromatic nitrogens is 2. The van der Waals surface area contributed by atoms with E-state index in [0.717, 1.165) is 48.2 Å². The highest BCUT2D eigenvalue weighted by Crippen LogP contribution is 2.56. The third-order valence-electron chi connectivity index (χ3n) is 14.2. The number of esters is 1. The minimum absolute atomic E-state index is 0.124. The van der Waals surface area contributed by atoms with Crippen LogP contribution in [0.5, 0.6) is 5.75 Å². The van der Waals surface area contributed by atoms with Gasteiger partial charge in [0.1, 0.15) is 11.2 Å². The van der Waals surface area contributed by atoms with Gasteiger partial charge >= 0.3 is 5.97 Å². The molecular weight excluding hydrogens is 624 g/mol. The van der Waals surface area contributed by atoms with Crippen LogP contribution in [-0.2, 0) is 22.4 Å². The first-order chi connectivity index (χ1) is 24.4. The summed E-state index contributed by atoms with van der Waals surface area (Å²) in [4.78, 5) is 27.4. The fourth-order valence-electron chi connectivity index (χ4n) is 12.0. The molecule has 1 saturated carbocycles. The molecule has 264 valence electrons. The molecule has 9 atom stereocenters. The number of allylic oxidation sites excluding steroid dienone is 1. The van der Waals surface area contributed by atoms with Crippen molar-refractivity contribution < 1.29 is 19.4 Å². The molecule has 2 aromatic carbocycles. The Hall–Kier alpha value is -3.59. The van der Waals surface area contributed by atoms with E-state index in [2.05, 4.69) is 83.1 Å². The second-order valence-electron chi connectivity index (χ2n) is 16.1. The zero-order valence-corrected chi connectivity index (χ0v) is 30.2. The lowest BCUT2D eigenvalue weighted by molar-refractivity contribution is -0.169. The summed E-state index contributed by atoms with van der Waals surface area (Å²) in [6.07, 6.45) is 8.34. The van der Waals surface area contributed by atoms with Crippen LogP contribution in [0.4, 0.5) is 0 Å². The number of carbonyl (C=O) groups excluding carboxylic acids is 1. The van der Waals surface area contributed by atoms with Gasteiger partial charge in [-0.25, -0.2) is 0 Å². The Morgan fingerprint density at radius 2 is 1.90 bits per heavy atom. The van der Waals surface area contributed by atoms with E-state index < -0.39 is 5.41 Å². The van der Waals surface area contributed by atoms with Crippen molar-refractivity contribution in [3.05, 3.63) is 76.1 Å². The summed E-state index contributed by atoms with van der Waals surface area (Å²) < 4.78 is 11.9. The second kappa shape index (κ2) is 12.0. The Kier molecular flexibility index (Phi) is 7.75. The van der Waals surface area contributed by atoms with E-state index in [-0.39, 0.29) is 30.5 Å². The van der Waals surface area contributed by atoms with Gasteiger partial charge in [0.15, 0.2) is 0 Å². The Bertz CT molecular complexity index is 2010. The van der Waals surface area contributed by atoms with Crippen molar-refractivity contribution in [1.82, 2.24) is 19.8 Å². The number of hydrogen-bond donors (Lipinski definition) is 3. The molecule has 2 aromatic heterocycles. The Balaban J connectivity index is 1.31. The number of aliphatic hydroxyl groups is 1. The molecule has 0 spiro atoms. The van der Waals surface area contributed by atoms with Crippen molar-refractivity contribution in [2.24, 2.45) is 23.2 Å². The number of aromatic amines is 2. The minimum Gasteiger partial charge on any atom is -0.496 e. The van der Waals surface area contributed by atoms with Crippen LogP contribution >= 0.6 is 0 Å². The largest absolute Gasteiger partial charge is 0.496 e. The maximum absolute atomic E-state index is 14.2. The molecule has 6 aliphatic rings. The average molecular weight is 677 g/mol. The second-order valence-corrected chi connectivity index (χ2v) is 16.1. The molecule has 4 aliphatic heterocycles. The van der Waals surface area contributed by atoms with Crippen molar-refractivity contribution >= 4 is 27.8 Å². The fourth-order valence-corrected chi connectivity index (χ4v) is 12.0. The van der Waals surface area contributed by atoms with Gasteiger partial charge in [0.2, 0.25) is 0 Å². The van der Waals surface area contributed by atoms with Crippen LogP contribution in [0.15, 0.2) is 48.0 Å². The summed E-state index contributed by atoms with van der Waals surface area (Å²) >= 11 is 0. The van der Waals surface area contributed by atoms with Crippen molar-refractivity contribution in [1.29, 1.82) is 0 Å². The number of methoxy groups -OCH3 is 2. The van der Waals surface area contributed by atoms with Crippen LogP contribution in [0.2, 0.25) is 0 Å². The van der Waals surface area contributed by atoms with Gasteiger partial charge in [0, 0.05) is 82.7 Å². The maximum Gasteiger partial charge on any atom is 0.316 e. The van der Waals surface area contributed by atoms with Gasteiger partial charge in [0.05, 0.1) is 26.3 Å². The van der Waals surface area contributed by atoms with E-state index in [1.165, 1.54) is 77.3 Å². The molecule has 50 heavy (non-hydrogen) atoms. The van der Waals surface area contributed by atoms with Crippen molar-refractivity contribution in [3.63, 3.8) is 0 Å². The molecule has 2 aliphatic carbocycles. The number of rotatable bonds is 5. The molecular formula is C42H52N4O4. The number of hydrogen-bond acceptors (Lipinski definition) is 6. The van der Waals surface area contributed by atoms with E-state index in [1.54, 1.807) is 7.11 Å². The molecule has 8 nitrogen and oxygen atoms in total. The molecule has 6 bridgehead atoms. The Labute approximate surface area is 295 Å². The van der Waals surface area contributed by atoms with Gasteiger partial charge < -0.3 is 24.5 Å². The van der Waals surface area contributed by atoms with Crippen LogP contribution in [0.3, 0.4) is 0 Å². The first-order valence-corrected chi connectivity index (χ1v) is 19.0. The first kappa shape index (κ1) is 32.3. The van der Waals surface area contributed by atoms with E-state index in [9.17, 15) is 9.90 Å². The third kappa shape index (κ3) is 4.37. The van der Waals surface area contributed by atoms with Crippen molar-refractivity contribution in [2.75, 3.05) is 47.5 Å². The number of ether oxygens (including phenoxy) is 2. The zero-order chi connectivity index (χ0) is 34.5. The number of likely N-dealkylation sites (tertiary alicyclic amines) is 1. The molecule has 3 N–H and O–H groups in total. The van der Waals surface area contributed by atoms with Gasteiger partial charge in [-0.1, -0.05) is 43.2 Å². The summed E-state index contributed by atoms with van der Waals surface area (Å²) in [5.41, 5.74) is 8.80. The van der Waals surface area contributed by atoms with Crippen LogP contribution < -0.4 is 4.74 Å². The standard InChI is InChI=1S/C42H52N4O4/c1-6-24-16-23-17-31-37-28(14-15-46(20-23)40(24)31)27-12-13-34(49-4)36(39(27)44-37)30-18-32-25(7-2)21-45(3)35(42(32,22-47)41(48)50-5)19-29-26-10-8-9-11-33(26)43-38(29)30/h7-13,23-24,30-32,35,40,43-44,47H,6,14-22H2,1-5H3/b25-7-/t23-,24-,30?,31?,32+,35-,40?,42?/m0/s1. The predicted molar refractivity (Wildman–Crippen MR) is 197 cm³/mol. The van der Waals surface area contributed by atoms with Crippen LogP contribution in [0, 0.1) is 23.2 Å². The Morgan fingerprint density at radius 1 is 1.06 bits per heavy atom. The number of carbonyl (C=O) groups is 1. The van der Waals surface area contributed by atoms with Crippen molar-refractivity contribution in [2.45, 2.75) is 76.3 Å². The average Bonchev–Trinajstić information content (AvgIpc) is 3.67. The number of para-hydroxylation sites is 1. The van der Waals surface area contributed by atoms with Gasteiger partial charge in [-0.3, -0.25) is 14.6 Å². The summed E-state index contributed by atoms with van der Waals surface area (Å²) in [7, 11) is 5.34. The monoisotopic (exact) mass is 676 g/mol. The zero-order valence-electron chi connectivity index (χ0n) is 30.2. The number of H-pyrrole nitrogens is 2. The smallest absolute Gasteiger partial charge is 0.316 e. The summed E-state index contributed by atoms with van der Waals surface area (Å²) in [6.45, 7) is 7.28. The van der Waals surface area contributed by atoms with Crippen LogP contribution in [-0.4, -0.2) is 90.4 Å². The van der Waals surface area contributed by atoms with Crippen LogP contribution in [0.1, 0.15) is 79.4 Å². The van der Waals surface area contributed by atoms with E-state index in [1.807, 2.05) is 0 Å². The molecule has 0 radical (unpaired) electrons. The number of likely N-dealkylation sites (N-methyl/N-ethyl adjacent to an activating group) is 1. The summed E-state index contributed by atoms with van der Waals surface area (Å²) in [5.74, 6) is 2.21. The van der Waals surface area contributed by atoms with Gasteiger partial charge in [-0.05, 0) is 87.2 Å². The Morgan fingerprint density at radius 3 is 2.66 bits per heavy atom. The number of piperidine rings is 3. The minimum atomic E-state index is -1.12. The molecule has 4 fully saturated rings. The highest BCUT2D eigenvalue weighted by molar-refractivity contribution is 5.92. The first-order valence-electron chi connectivity index (χ1n) is 19.0. The number of benzene rings is 2. The number of aliphatic hydroxyl groups excluding tert-OH is 1. The summed E-state index contributed by atoms with van der Waals surface area (Å²) in [5, 5.41) is 13.9. The maximum atomic E-state index is 14.2. The van der Waals surface area contributed by atoms with E-state index in [0.29, 0.717) is 24.8 Å². The summed E-state index contributed by atoms with van der Waals surface area (Å²) in [6, 6.07) is 13.4. The molecule has 0 amide bonds. The highest BCUT2D eigenvalue weighted by atomic mass is 16.5. The van der Waals surface area contributed by atoms with Gasteiger partial charge in [-0.2, -0.15) is 0 Å². The molecule has 4 aromatic rings. The molecule has 6 heterocycles. The van der Waals surface area contributed by atoms with Gasteiger partial charge in [-0.15, -0.1) is 0 Å². The SMILES string of the molecule is C/C=C1/CN(C)[C@H]2Cc3c([nH]c4ccccc34)C(c3c(OC)ccc4c5c([nH]c34)C3C[C@@H]4C[C@H](CC)C3N(CC5)C4)C[C@H]1C2(CO)C(=O)OC. The quantitative estimate of drug-likeness (QED) is 0.165. The van der Waals surface area contributed by atoms with E-state index in [4.69, 9.17) is 9.47 Å². The molecule has 10 rings (SSSR count). The number of fused-ring (bicyclic) bond motifs is 9. The van der Waals surface area contributed by atoms with E-state index >= 15 is 0 Å². The normalized spacial score (nSPS) is 34.2. The predicted octanol–water partition coefficient (Wildman–Crippen LogP) is 6.52. The molecule has 8 heteroatoms. The van der Waals surface area contributed by atoms with Crippen molar-refractivity contribution in [3.8, 4) is 5.75 Å². The topological polar surface area (TPSA) is 93.8 Å². The van der Waals surface area contributed by atoms with Crippen LogP contribution in [0.25, 0.3) is 21.8 Å². The fraction of sp³-hybridized carbons (Fsp3) is 0.548. The number of nitrogens with one attached hydrogen (secondary N) is 2. The third-order valence-corrected chi connectivity index (χ3v) is 14.2. The highest BCUT2D eigenvalue weighted by Gasteiger charge is 2.59. The molecule has 3 saturated heterocycles. The molecule has 5 unspecified atom stereocenters. The lowest BCUT2D eigenvalue weighted by atomic mass is 9.58. The van der Waals surface area contributed by atoms with Gasteiger partial charge in [0.25, 0.3) is 0 Å². The lowest BCUT2D eigenvalue weighted by Gasteiger charge is -2.53. The lowest BCUT2D eigenvalue weighted by Crippen LogP contribution is -2.63.